The molecule has 0 aliphatic heterocycles. The predicted octanol–water partition coefficient (Wildman–Crippen LogP) is 1.97. The van der Waals surface area contributed by atoms with Crippen molar-refractivity contribution >= 4 is 5.91 Å². The Kier molecular flexibility index (Phi) is 4.58. The Balaban J connectivity index is 1.81. The number of aliphatic hydroxyl groups is 1. The molecule has 2 rings (SSSR count). The molecule has 0 spiro atoms. The van der Waals surface area contributed by atoms with Crippen LogP contribution in [0.4, 0.5) is 0 Å². The number of hydrogen-bond acceptors (Lipinski definition) is 2. The molecular formula is C16H20N2O2. The molecule has 0 saturated heterocycles. The number of rotatable bonds is 6. The van der Waals surface area contributed by atoms with Gasteiger partial charge in [-0.1, -0.05) is 30.3 Å². The van der Waals surface area contributed by atoms with Gasteiger partial charge in [0.05, 0.1) is 12.0 Å². The lowest BCUT2D eigenvalue weighted by molar-refractivity contribution is -0.125. The summed E-state index contributed by atoms with van der Waals surface area (Å²) in [4.78, 5) is 15.0. The van der Waals surface area contributed by atoms with E-state index >= 15 is 0 Å². The topological polar surface area (TPSA) is 65.1 Å². The number of aromatic amines is 1. The Hall–Kier alpha value is -2.07. The van der Waals surface area contributed by atoms with E-state index in [9.17, 15) is 9.90 Å². The highest BCUT2D eigenvalue weighted by molar-refractivity contribution is 5.77. The second kappa shape index (κ2) is 6.39. The molecule has 0 saturated carbocycles. The first-order valence-electron chi connectivity index (χ1n) is 6.75. The van der Waals surface area contributed by atoms with Crippen LogP contribution in [0.5, 0.6) is 0 Å². The van der Waals surface area contributed by atoms with Gasteiger partial charge in [0, 0.05) is 24.9 Å². The monoisotopic (exact) mass is 272 g/mol. The Bertz CT molecular complexity index is 533. The number of amides is 1. The van der Waals surface area contributed by atoms with Crippen molar-refractivity contribution in [2.75, 3.05) is 6.54 Å². The Labute approximate surface area is 118 Å². The van der Waals surface area contributed by atoms with Crippen LogP contribution in [0.1, 0.15) is 24.6 Å². The first kappa shape index (κ1) is 14.3. The number of carbonyl (C=O) groups excluding carboxylic acids is 1. The molecule has 1 atom stereocenters. The summed E-state index contributed by atoms with van der Waals surface area (Å²) in [5.41, 5.74) is 0.692. The van der Waals surface area contributed by atoms with Gasteiger partial charge in [0.25, 0.3) is 0 Å². The SMILES string of the molecule is CC(O)(CC(=O)NCCc1ccc[nH]1)c1ccccc1. The molecule has 0 aliphatic rings. The first-order chi connectivity index (χ1) is 9.58. The van der Waals surface area contributed by atoms with Crippen LogP contribution in [-0.4, -0.2) is 22.5 Å². The van der Waals surface area contributed by atoms with E-state index in [1.165, 1.54) is 0 Å². The van der Waals surface area contributed by atoms with Crippen LogP contribution in [0.25, 0.3) is 0 Å². The number of carbonyl (C=O) groups is 1. The van der Waals surface area contributed by atoms with E-state index in [1.54, 1.807) is 6.92 Å². The predicted molar refractivity (Wildman–Crippen MR) is 78.1 cm³/mol. The summed E-state index contributed by atoms with van der Waals surface area (Å²) in [5.74, 6) is -0.148. The Morgan fingerprint density at radius 3 is 2.65 bits per heavy atom. The van der Waals surface area contributed by atoms with E-state index < -0.39 is 5.60 Å². The maximum atomic E-state index is 11.9. The van der Waals surface area contributed by atoms with Crippen LogP contribution in [0.15, 0.2) is 48.7 Å². The van der Waals surface area contributed by atoms with Gasteiger partial charge in [-0.05, 0) is 24.6 Å². The second-order valence-electron chi connectivity index (χ2n) is 5.11. The van der Waals surface area contributed by atoms with E-state index in [-0.39, 0.29) is 12.3 Å². The zero-order valence-electron chi connectivity index (χ0n) is 11.6. The van der Waals surface area contributed by atoms with Crippen LogP contribution in [0, 0.1) is 0 Å². The van der Waals surface area contributed by atoms with Crippen molar-refractivity contribution < 1.29 is 9.90 Å². The van der Waals surface area contributed by atoms with Gasteiger partial charge in [-0.25, -0.2) is 0 Å². The quantitative estimate of drug-likeness (QED) is 0.752. The zero-order chi connectivity index (χ0) is 14.4. The molecule has 0 fully saturated rings. The molecule has 0 bridgehead atoms. The lowest BCUT2D eigenvalue weighted by Gasteiger charge is -2.23. The number of H-pyrrole nitrogens is 1. The van der Waals surface area contributed by atoms with Gasteiger partial charge < -0.3 is 15.4 Å². The van der Waals surface area contributed by atoms with E-state index in [2.05, 4.69) is 10.3 Å². The van der Waals surface area contributed by atoms with E-state index in [4.69, 9.17) is 0 Å². The summed E-state index contributed by atoms with van der Waals surface area (Å²) in [6.45, 7) is 2.22. The molecule has 1 aromatic heterocycles. The lowest BCUT2D eigenvalue weighted by atomic mass is 9.92. The van der Waals surface area contributed by atoms with Crippen molar-refractivity contribution in [2.24, 2.45) is 0 Å². The minimum Gasteiger partial charge on any atom is -0.385 e. The minimum absolute atomic E-state index is 0.0573. The van der Waals surface area contributed by atoms with Crippen LogP contribution >= 0.6 is 0 Å². The molecule has 2 aromatic rings. The summed E-state index contributed by atoms with van der Waals surface area (Å²) in [6, 6.07) is 13.2. The summed E-state index contributed by atoms with van der Waals surface area (Å²) in [6.07, 6.45) is 2.67. The van der Waals surface area contributed by atoms with E-state index in [0.29, 0.717) is 6.54 Å². The first-order valence-corrected chi connectivity index (χ1v) is 6.75. The normalized spacial score (nSPS) is 13.7. The van der Waals surface area contributed by atoms with E-state index in [0.717, 1.165) is 17.7 Å². The molecule has 20 heavy (non-hydrogen) atoms. The lowest BCUT2D eigenvalue weighted by Crippen LogP contribution is -2.33. The molecule has 4 heteroatoms. The van der Waals surface area contributed by atoms with Gasteiger partial charge in [-0.3, -0.25) is 4.79 Å². The van der Waals surface area contributed by atoms with Crippen LogP contribution in [0.3, 0.4) is 0 Å². The van der Waals surface area contributed by atoms with Gasteiger partial charge in [0.1, 0.15) is 0 Å². The van der Waals surface area contributed by atoms with Crippen molar-refractivity contribution in [1.82, 2.24) is 10.3 Å². The fourth-order valence-electron chi connectivity index (χ4n) is 2.13. The van der Waals surface area contributed by atoms with Crippen LogP contribution in [0.2, 0.25) is 0 Å². The highest BCUT2D eigenvalue weighted by Crippen LogP contribution is 2.23. The van der Waals surface area contributed by atoms with Crippen molar-refractivity contribution in [3.05, 3.63) is 59.9 Å². The number of nitrogens with one attached hydrogen (secondary N) is 2. The molecule has 1 unspecified atom stereocenters. The van der Waals surface area contributed by atoms with Gasteiger partial charge in [0.15, 0.2) is 0 Å². The highest BCUT2D eigenvalue weighted by atomic mass is 16.3. The maximum Gasteiger partial charge on any atom is 0.223 e. The molecule has 106 valence electrons. The van der Waals surface area contributed by atoms with Gasteiger partial charge in [-0.15, -0.1) is 0 Å². The van der Waals surface area contributed by atoms with Crippen molar-refractivity contribution in [1.29, 1.82) is 0 Å². The molecule has 1 amide bonds. The summed E-state index contributed by atoms with van der Waals surface area (Å²) >= 11 is 0. The third-order valence-corrected chi connectivity index (χ3v) is 3.28. The Morgan fingerprint density at radius 2 is 2.00 bits per heavy atom. The standard InChI is InChI=1S/C16H20N2O2/c1-16(20,13-6-3-2-4-7-13)12-15(19)18-11-9-14-8-5-10-17-14/h2-8,10,17,20H,9,11-12H2,1H3,(H,18,19). The molecule has 0 aliphatic carbocycles. The van der Waals surface area contributed by atoms with Crippen molar-refractivity contribution in [3.8, 4) is 0 Å². The highest BCUT2D eigenvalue weighted by Gasteiger charge is 2.26. The molecule has 1 heterocycles. The molecular weight excluding hydrogens is 252 g/mol. The summed E-state index contributed by atoms with van der Waals surface area (Å²) in [7, 11) is 0. The van der Waals surface area contributed by atoms with Gasteiger partial charge in [-0.2, -0.15) is 0 Å². The molecule has 4 nitrogen and oxygen atoms in total. The Morgan fingerprint density at radius 1 is 1.25 bits per heavy atom. The van der Waals surface area contributed by atoms with Crippen LogP contribution in [-0.2, 0) is 16.8 Å². The molecule has 3 N–H and O–H groups in total. The number of benzene rings is 1. The fraction of sp³-hybridized carbons (Fsp3) is 0.312. The van der Waals surface area contributed by atoms with Crippen molar-refractivity contribution in [3.63, 3.8) is 0 Å². The van der Waals surface area contributed by atoms with E-state index in [1.807, 2.05) is 48.7 Å². The second-order valence-corrected chi connectivity index (χ2v) is 5.11. The minimum atomic E-state index is -1.14. The van der Waals surface area contributed by atoms with Crippen LogP contribution < -0.4 is 5.32 Å². The maximum absolute atomic E-state index is 11.9. The number of hydrogen-bond donors (Lipinski definition) is 3. The molecule has 0 radical (unpaired) electrons. The third-order valence-electron chi connectivity index (χ3n) is 3.28. The fourth-order valence-corrected chi connectivity index (χ4v) is 2.13. The number of aromatic nitrogens is 1. The third kappa shape index (κ3) is 3.96. The summed E-state index contributed by atoms with van der Waals surface area (Å²) < 4.78 is 0. The average molecular weight is 272 g/mol. The largest absolute Gasteiger partial charge is 0.385 e. The van der Waals surface area contributed by atoms with Gasteiger partial charge >= 0.3 is 0 Å². The molecule has 1 aromatic carbocycles. The average Bonchev–Trinajstić information content (AvgIpc) is 2.92. The van der Waals surface area contributed by atoms with Gasteiger partial charge in [0.2, 0.25) is 5.91 Å². The zero-order valence-corrected chi connectivity index (χ0v) is 11.6. The smallest absolute Gasteiger partial charge is 0.223 e. The summed E-state index contributed by atoms with van der Waals surface area (Å²) in [5, 5.41) is 13.2. The van der Waals surface area contributed by atoms with Crippen molar-refractivity contribution in [2.45, 2.75) is 25.4 Å².